The van der Waals surface area contributed by atoms with Crippen molar-refractivity contribution in [2.24, 2.45) is 0 Å². The fourth-order valence-electron chi connectivity index (χ4n) is 1.07. The fraction of sp³-hybridized carbons (Fsp3) is 0.714. The minimum Gasteiger partial charge on any atom is -0.378 e. The van der Waals surface area contributed by atoms with Gasteiger partial charge in [-0.25, -0.2) is 8.78 Å². The zero-order chi connectivity index (χ0) is 7.78. The molecule has 0 bridgehead atoms. The predicted molar refractivity (Wildman–Crippen MR) is 35.9 cm³/mol. The van der Waals surface area contributed by atoms with Crippen LogP contribution in [0.25, 0.3) is 0 Å². The molecule has 0 spiro atoms. The molecule has 1 aliphatic rings. The summed E-state index contributed by atoms with van der Waals surface area (Å²) < 4.78 is 24.4. The van der Waals surface area contributed by atoms with Gasteiger partial charge in [0.15, 0.2) is 0 Å². The van der Waals surface area contributed by atoms with E-state index in [1.807, 2.05) is 0 Å². The van der Waals surface area contributed by atoms with E-state index < -0.39 is 5.92 Å². The van der Waals surface area contributed by atoms with Crippen LogP contribution in [0.3, 0.4) is 0 Å². The summed E-state index contributed by atoms with van der Waals surface area (Å²) in [5.41, 5.74) is 0. The third-order valence-electron chi connectivity index (χ3n) is 1.93. The van der Waals surface area contributed by atoms with Gasteiger partial charge in [-0.3, -0.25) is 0 Å². The summed E-state index contributed by atoms with van der Waals surface area (Å²) in [4.78, 5) is 1.73. The van der Waals surface area contributed by atoms with Gasteiger partial charge in [-0.2, -0.15) is 0 Å². The Labute approximate surface area is 59.3 Å². The number of halogens is 2. The van der Waals surface area contributed by atoms with E-state index in [0.717, 1.165) is 0 Å². The average molecular weight is 147 g/mol. The van der Waals surface area contributed by atoms with Crippen LogP contribution in [0.15, 0.2) is 12.8 Å². The highest BCUT2D eigenvalue weighted by atomic mass is 19.3. The molecular weight excluding hydrogens is 136 g/mol. The molecule has 0 radical (unpaired) electrons. The Morgan fingerprint density at radius 2 is 2.10 bits per heavy atom. The predicted octanol–water partition coefficient (Wildman–Crippen LogP) is 1.86. The molecule has 0 atom stereocenters. The van der Waals surface area contributed by atoms with Gasteiger partial charge in [0, 0.05) is 25.9 Å². The maximum atomic E-state index is 12.2. The minimum absolute atomic E-state index is 0.00694. The van der Waals surface area contributed by atoms with Gasteiger partial charge in [-0.15, -0.1) is 0 Å². The molecule has 0 saturated heterocycles. The molecule has 0 amide bonds. The monoisotopic (exact) mass is 147 g/mol. The Hall–Kier alpha value is -0.600. The number of hydrogen-bond donors (Lipinski definition) is 0. The molecule has 3 heteroatoms. The number of alkyl halides is 2. The van der Waals surface area contributed by atoms with Crippen molar-refractivity contribution >= 4 is 0 Å². The van der Waals surface area contributed by atoms with Crippen LogP contribution < -0.4 is 0 Å². The molecular formula is C7H11F2N. The molecule has 0 aliphatic heterocycles. The van der Waals surface area contributed by atoms with Crippen molar-refractivity contribution in [1.82, 2.24) is 4.90 Å². The van der Waals surface area contributed by atoms with E-state index in [9.17, 15) is 8.78 Å². The Kier molecular flexibility index (Phi) is 1.67. The van der Waals surface area contributed by atoms with Crippen molar-refractivity contribution in [1.29, 1.82) is 0 Å². The number of nitrogens with zero attached hydrogens (tertiary/aromatic N) is 1. The first kappa shape index (κ1) is 7.51. The third kappa shape index (κ3) is 1.28. The Balaban J connectivity index is 2.32. The largest absolute Gasteiger partial charge is 0.378 e. The topological polar surface area (TPSA) is 3.24 Å². The second-order valence-electron chi connectivity index (χ2n) is 2.77. The van der Waals surface area contributed by atoms with Crippen LogP contribution in [-0.4, -0.2) is 23.9 Å². The van der Waals surface area contributed by atoms with Gasteiger partial charge in [0.1, 0.15) is 0 Å². The summed E-state index contributed by atoms with van der Waals surface area (Å²) in [5.74, 6) is -2.41. The molecule has 1 aliphatic carbocycles. The van der Waals surface area contributed by atoms with Crippen LogP contribution in [0.5, 0.6) is 0 Å². The van der Waals surface area contributed by atoms with Crippen LogP contribution >= 0.6 is 0 Å². The first-order chi connectivity index (χ1) is 4.55. The van der Waals surface area contributed by atoms with Crippen molar-refractivity contribution in [3.05, 3.63) is 12.8 Å². The van der Waals surface area contributed by atoms with E-state index in [4.69, 9.17) is 0 Å². The lowest BCUT2D eigenvalue weighted by atomic mass is 9.87. The first-order valence-electron chi connectivity index (χ1n) is 3.27. The molecule has 1 rings (SSSR count). The summed E-state index contributed by atoms with van der Waals surface area (Å²) in [7, 11) is 1.77. The molecule has 0 aromatic rings. The van der Waals surface area contributed by atoms with E-state index in [-0.39, 0.29) is 18.9 Å². The van der Waals surface area contributed by atoms with E-state index in [0.29, 0.717) is 0 Å². The van der Waals surface area contributed by atoms with Gasteiger partial charge in [0.2, 0.25) is 0 Å². The van der Waals surface area contributed by atoms with Gasteiger partial charge in [-0.1, -0.05) is 6.58 Å². The average Bonchev–Trinajstić information content (AvgIpc) is 1.81. The highest BCUT2D eigenvalue weighted by Gasteiger charge is 2.46. The number of hydrogen-bond acceptors (Lipinski definition) is 1. The van der Waals surface area contributed by atoms with Gasteiger partial charge < -0.3 is 4.90 Å². The second kappa shape index (κ2) is 2.22. The van der Waals surface area contributed by atoms with Crippen LogP contribution in [0, 0.1) is 0 Å². The normalized spacial score (nSPS) is 23.5. The molecule has 0 aromatic heterocycles. The van der Waals surface area contributed by atoms with Crippen LogP contribution in [0.2, 0.25) is 0 Å². The summed E-state index contributed by atoms with van der Waals surface area (Å²) in [6, 6.07) is 0.00694. The molecule has 1 nitrogen and oxygen atoms in total. The lowest BCUT2D eigenvalue weighted by Crippen LogP contribution is -2.47. The van der Waals surface area contributed by atoms with Crippen molar-refractivity contribution in [3.8, 4) is 0 Å². The van der Waals surface area contributed by atoms with E-state index in [1.54, 1.807) is 18.1 Å². The highest BCUT2D eigenvalue weighted by molar-refractivity contribution is 4.94. The second-order valence-corrected chi connectivity index (χ2v) is 2.77. The van der Waals surface area contributed by atoms with E-state index >= 15 is 0 Å². The van der Waals surface area contributed by atoms with Gasteiger partial charge in [-0.05, 0) is 6.20 Å². The summed E-state index contributed by atoms with van der Waals surface area (Å²) in [5, 5.41) is 0. The Morgan fingerprint density at radius 1 is 1.60 bits per heavy atom. The first-order valence-corrected chi connectivity index (χ1v) is 3.27. The summed E-state index contributed by atoms with van der Waals surface area (Å²) in [6.45, 7) is 3.49. The van der Waals surface area contributed by atoms with Gasteiger partial charge in [0.25, 0.3) is 5.92 Å². The van der Waals surface area contributed by atoms with Crippen LogP contribution in [0.1, 0.15) is 12.8 Å². The number of rotatable bonds is 2. The molecule has 0 unspecified atom stereocenters. The Bertz CT molecular complexity index is 137. The minimum atomic E-state index is -2.41. The highest BCUT2D eigenvalue weighted by Crippen LogP contribution is 2.39. The maximum absolute atomic E-state index is 12.2. The smallest absolute Gasteiger partial charge is 0.252 e. The molecule has 58 valence electrons. The molecule has 0 N–H and O–H groups in total. The molecule has 0 aromatic carbocycles. The van der Waals surface area contributed by atoms with Crippen LogP contribution in [0.4, 0.5) is 8.78 Å². The van der Waals surface area contributed by atoms with Crippen molar-refractivity contribution < 1.29 is 8.78 Å². The molecule has 1 fully saturated rings. The van der Waals surface area contributed by atoms with E-state index in [2.05, 4.69) is 6.58 Å². The van der Waals surface area contributed by atoms with Gasteiger partial charge in [0.05, 0.1) is 0 Å². The lowest BCUT2D eigenvalue weighted by molar-refractivity contribution is -0.112. The Morgan fingerprint density at radius 3 is 2.40 bits per heavy atom. The fourth-order valence-corrected chi connectivity index (χ4v) is 1.07. The quantitative estimate of drug-likeness (QED) is 0.576. The molecule has 1 saturated carbocycles. The molecule has 0 heterocycles. The lowest BCUT2D eigenvalue weighted by Gasteiger charge is -2.40. The third-order valence-corrected chi connectivity index (χ3v) is 1.93. The van der Waals surface area contributed by atoms with Gasteiger partial charge >= 0.3 is 0 Å². The van der Waals surface area contributed by atoms with E-state index in [1.165, 1.54) is 0 Å². The van der Waals surface area contributed by atoms with Crippen molar-refractivity contribution in [2.75, 3.05) is 7.05 Å². The zero-order valence-electron chi connectivity index (χ0n) is 5.98. The molecule has 10 heavy (non-hydrogen) atoms. The van der Waals surface area contributed by atoms with Crippen molar-refractivity contribution in [2.45, 2.75) is 24.8 Å². The summed E-state index contributed by atoms with van der Waals surface area (Å²) in [6.07, 6.45) is 1.55. The van der Waals surface area contributed by atoms with Crippen LogP contribution in [-0.2, 0) is 0 Å². The summed E-state index contributed by atoms with van der Waals surface area (Å²) >= 11 is 0. The SMILES string of the molecule is C=CN(C)C1CC(F)(F)C1. The van der Waals surface area contributed by atoms with Crippen molar-refractivity contribution in [3.63, 3.8) is 0 Å². The standard InChI is InChI=1S/C7H11F2N/c1-3-10(2)6-4-7(8,9)5-6/h3,6H,1,4-5H2,2H3. The maximum Gasteiger partial charge on any atom is 0.252 e. The zero-order valence-corrected chi connectivity index (χ0v) is 5.98.